The average molecular weight is 334 g/mol. The minimum atomic E-state index is -0.338. The number of hydrazone groups is 1. The van der Waals surface area contributed by atoms with Crippen LogP contribution in [0.15, 0.2) is 41.5 Å². The molecule has 0 bridgehead atoms. The maximum absolute atomic E-state index is 12.3. The fourth-order valence-corrected chi connectivity index (χ4v) is 3.30. The predicted molar refractivity (Wildman–Crippen MR) is 95.9 cm³/mol. The third-order valence-electron chi connectivity index (χ3n) is 4.58. The number of amides is 1. The van der Waals surface area contributed by atoms with Crippen molar-refractivity contribution in [1.82, 2.24) is 15.6 Å². The number of aromatic nitrogens is 2. The van der Waals surface area contributed by atoms with E-state index in [0.717, 1.165) is 47.7 Å². The summed E-state index contributed by atoms with van der Waals surface area (Å²) >= 11 is 0. The van der Waals surface area contributed by atoms with Gasteiger partial charge < -0.3 is 5.11 Å². The van der Waals surface area contributed by atoms with Crippen molar-refractivity contribution in [2.45, 2.75) is 25.7 Å². The lowest BCUT2D eigenvalue weighted by atomic mass is 9.96. The number of aryl methyl sites for hydroxylation is 1. The summed E-state index contributed by atoms with van der Waals surface area (Å²) in [4.78, 5) is 12.3. The second kappa shape index (κ2) is 6.39. The van der Waals surface area contributed by atoms with E-state index in [1.165, 1.54) is 6.21 Å². The molecule has 1 aliphatic carbocycles. The van der Waals surface area contributed by atoms with Gasteiger partial charge in [0.15, 0.2) is 5.69 Å². The molecule has 3 aromatic rings. The summed E-state index contributed by atoms with van der Waals surface area (Å²) in [5, 5.41) is 23.1. The average Bonchev–Trinajstić information content (AvgIpc) is 3.07. The molecule has 2 aromatic carbocycles. The number of H-pyrrole nitrogens is 1. The summed E-state index contributed by atoms with van der Waals surface area (Å²) in [6, 6.07) is 11.2. The summed E-state index contributed by atoms with van der Waals surface area (Å²) in [6.45, 7) is 0. The first kappa shape index (κ1) is 15.4. The van der Waals surface area contributed by atoms with Crippen LogP contribution in [0.1, 0.15) is 40.2 Å². The molecule has 0 fully saturated rings. The maximum atomic E-state index is 12.3. The van der Waals surface area contributed by atoms with Crippen molar-refractivity contribution < 1.29 is 9.90 Å². The third kappa shape index (κ3) is 2.87. The van der Waals surface area contributed by atoms with Crippen LogP contribution in [-0.2, 0) is 12.8 Å². The number of hydrogen-bond acceptors (Lipinski definition) is 4. The minimum absolute atomic E-state index is 0.119. The molecule has 0 spiro atoms. The molecule has 6 nitrogen and oxygen atoms in total. The van der Waals surface area contributed by atoms with Gasteiger partial charge in [0.2, 0.25) is 0 Å². The lowest BCUT2D eigenvalue weighted by molar-refractivity contribution is 0.0949. The molecule has 1 amide bonds. The van der Waals surface area contributed by atoms with E-state index in [1.54, 1.807) is 6.07 Å². The number of carbonyl (C=O) groups excluding carboxylic acids is 1. The molecule has 25 heavy (non-hydrogen) atoms. The third-order valence-corrected chi connectivity index (χ3v) is 4.58. The van der Waals surface area contributed by atoms with Gasteiger partial charge in [0.05, 0.1) is 6.21 Å². The number of nitrogens with one attached hydrogen (secondary N) is 2. The molecule has 4 rings (SSSR count). The first-order valence-electron chi connectivity index (χ1n) is 8.34. The van der Waals surface area contributed by atoms with E-state index < -0.39 is 0 Å². The van der Waals surface area contributed by atoms with Crippen LogP contribution < -0.4 is 5.43 Å². The molecule has 1 heterocycles. The van der Waals surface area contributed by atoms with Crippen molar-refractivity contribution in [3.8, 4) is 5.75 Å². The van der Waals surface area contributed by atoms with Crippen LogP contribution in [-0.4, -0.2) is 27.4 Å². The zero-order chi connectivity index (χ0) is 17.2. The van der Waals surface area contributed by atoms with Crippen molar-refractivity contribution in [3.05, 3.63) is 58.9 Å². The number of carbonyl (C=O) groups is 1. The summed E-state index contributed by atoms with van der Waals surface area (Å²) < 4.78 is 0. The Kier molecular flexibility index (Phi) is 3.93. The van der Waals surface area contributed by atoms with Gasteiger partial charge in [-0.3, -0.25) is 9.89 Å². The summed E-state index contributed by atoms with van der Waals surface area (Å²) in [5.41, 5.74) is 5.54. The van der Waals surface area contributed by atoms with Crippen LogP contribution in [0.4, 0.5) is 0 Å². The van der Waals surface area contributed by atoms with E-state index in [2.05, 4.69) is 20.7 Å². The molecule has 0 radical (unpaired) electrons. The first-order valence-corrected chi connectivity index (χ1v) is 8.34. The molecule has 126 valence electrons. The highest BCUT2D eigenvalue weighted by Gasteiger charge is 2.21. The molecule has 0 aliphatic heterocycles. The van der Waals surface area contributed by atoms with E-state index in [1.807, 2.05) is 30.3 Å². The number of phenols is 1. The van der Waals surface area contributed by atoms with E-state index >= 15 is 0 Å². The van der Waals surface area contributed by atoms with Crippen LogP contribution in [0.2, 0.25) is 0 Å². The van der Waals surface area contributed by atoms with Crippen LogP contribution in [0, 0.1) is 0 Å². The number of aromatic hydroxyl groups is 1. The number of nitrogens with zero attached hydrogens (tertiary/aromatic N) is 2. The molecule has 0 saturated heterocycles. The van der Waals surface area contributed by atoms with Gasteiger partial charge in [-0.2, -0.15) is 10.2 Å². The van der Waals surface area contributed by atoms with Gasteiger partial charge >= 0.3 is 0 Å². The van der Waals surface area contributed by atoms with Crippen molar-refractivity contribution in [2.75, 3.05) is 0 Å². The number of benzene rings is 2. The van der Waals surface area contributed by atoms with Gasteiger partial charge in [-0.15, -0.1) is 0 Å². The van der Waals surface area contributed by atoms with E-state index in [-0.39, 0.29) is 11.7 Å². The van der Waals surface area contributed by atoms with E-state index in [9.17, 15) is 9.90 Å². The molecular formula is C19H18N4O2. The fourth-order valence-electron chi connectivity index (χ4n) is 3.30. The topological polar surface area (TPSA) is 90.4 Å². The van der Waals surface area contributed by atoms with Crippen LogP contribution in [0.5, 0.6) is 5.75 Å². The standard InChI is InChI=1S/C19H18N4O2/c24-17-10-9-12-5-1-2-6-13(12)15(17)11-20-23-19(25)18-14-7-3-4-8-16(14)21-22-18/h1-2,5-6,9-11,24H,3-4,7-8H2,(H,21,22)(H,23,25)/b20-11+. The Morgan fingerprint density at radius 2 is 2.04 bits per heavy atom. The van der Waals surface area contributed by atoms with Crippen LogP contribution in [0.3, 0.4) is 0 Å². The molecule has 1 aromatic heterocycles. The zero-order valence-electron chi connectivity index (χ0n) is 13.6. The molecule has 0 saturated carbocycles. The van der Waals surface area contributed by atoms with Gasteiger partial charge in [-0.25, -0.2) is 5.43 Å². The van der Waals surface area contributed by atoms with Crippen molar-refractivity contribution >= 4 is 22.9 Å². The van der Waals surface area contributed by atoms with Crippen molar-refractivity contribution in [3.63, 3.8) is 0 Å². The molecule has 1 aliphatic rings. The SMILES string of the molecule is O=C(N/N=C/c1c(O)ccc2ccccc12)c1n[nH]c2c1CCCC2. The fraction of sp³-hybridized carbons (Fsp3) is 0.211. The van der Waals surface area contributed by atoms with Gasteiger partial charge in [-0.1, -0.05) is 30.3 Å². The van der Waals surface area contributed by atoms with Crippen molar-refractivity contribution in [2.24, 2.45) is 5.10 Å². The first-order chi connectivity index (χ1) is 12.2. The predicted octanol–water partition coefficient (Wildman–Crippen LogP) is 2.91. The minimum Gasteiger partial charge on any atom is -0.507 e. The normalized spacial score (nSPS) is 13.9. The van der Waals surface area contributed by atoms with Crippen LogP contribution in [0.25, 0.3) is 10.8 Å². The Labute approximate surface area is 144 Å². The number of fused-ring (bicyclic) bond motifs is 2. The Balaban J connectivity index is 1.56. The lowest BCUT2D eigenvalue weighted by Crippen LogP contribution is -2.20. The number of rotatable bonds is 3. The van der Waals surface area contributed by atoms with Gasteiger partial charge in [0.1, 0.15) is 5.75 Å². The molecule has 6 heteroatoms. The van der Waals surface area contributed by atoms with Gasteiger partial charge in [0.25, 0.3) is 5.91 Å². The number of aromatic amines is 1. The highest BCUT2D eigenvalue weighted by atomic mass is 16.3. The number of phenolic OH excluding ortho intramolecular Hbond substituents is 1. The summed E-state index contributed by atoms with van der Waals surface area (Å²) in [5.74, 6) is -0.218. The molecule has 3 N–H and O–H groups in total. The quantitative estimate of drug-likeness (QED) is 0.508. The Morgan fingerprint density at radius 3 is 2.96 bits per heavy atom. The van der Waals surface area contributed by atoms with Gasteiger partial charge in [-0.05, 0) is 42.5 Å². The van der Waals surface area contributed by atoms with Crippen molar-refractivity contribution in [1.29, 1.82) is 0 Å². The largest absolute Gasteiger partial charge is 0.507 e. The smallest absolute Gasteiger partial charge is 0.292 e. The molecule has 0 unspecified atom stereocenters. The van der Waals surface area contributed by atoms with E-state index in [4.69, 9.17) is 0 Å². The van der Waals surface area contributed by atoms with Gasteiger partial charge in [0, 0.05) is 16.8 Å². The van der Waals surface area contributed by atoms with Crippen LogP contribution >= 0.6 is 0 Å². The molecule has 0 atom stereocenters. The Hall–Kier alpha value is -3.15. The monoisotopic (exact) mass is 334 g/mol. The maximum Gasteiger partial charge on any atom is 0.292 e. The zero-order valence-corrected chi connectivity index (χ0v) is 13.6. The highest BCUT2D eigenvalue weighted by Crippen LogP contribution is 2.25. The highest BCUT2D eigenvalue weighted by molar-refractivity contribution is 6.03. The Bertz CT molecular complexity index is 975. The Morgan fingerprint density at radius 1 is 1.20 bits per heavy atom. The summed E-state index contributed by atoms with van der Waals surface area (Å²) in [7, 11) is 0. The summed E-state index contributed by atoms with van der Waals surface area (Å²) in [6.07, 6.45) is 5.45. The lowest BCUT2D eigenvalue weighted by Gasteiger charge is -2.10. The molecular weight excluding hydrogens is 316 g/mol. The van der Waals surface area contributed by atoms with E-state index in [0.29, 0.717) is 11.3 Å². The number of hydrogen-bond donors (Lipinski definition) is 3. The second-order valence-corrected chi connectivity index (χ2v) is 6.16. The second-order valence-electron chi connectivity index (χ2n) is 6.16.